The summed E-state index contributed by atoms with van der Waals surface area (Å²) in [5.41, 5.74) is 8.21. The number of nitrogens with two attached hydrogens (primary N) is 1. The number of nitrogen functional groups attached to an aromatic ring is 1. The summed E-state index contributed by atoms with van der Waals surface area (Å²) < 4.78 is 7.54. The lowest BCUT2D eigenvalue weighted by Gasteiger charge is -2.23. The fourth-order valence-electron chi connectivity index (χ4n) is 2.31. The first kappa shape index (κ1) is 9.54. The van der Waals surface area contributed by atoms with Crippen molar-refractivity contribution in [3.63, 3.8) is 0 Å². The van der Waals surface area contributed by atoms with E-state index in [2.05, 4.69) is 9.78 Å². The molecule has 2 aliphatic heterocycles. The van der Waals surface area contributed by atoms with Crippen molar-refractivity contribution in [3.05, 3.63) is 11.3 Å². The van der Waals surface area contributed by atoms with Gasteiger partial charge >= 0.3 is 0 Å². The van der Waals surface area contributed by atoms with E-state index in [0.29, 0.717) is 25.1 Å². The molecule has 0 aliphatic carbocycles. The van der Waals surface area contributed by atoms with Crippen LogP contribution in [0.5, 0.6) is 0 Å². The van der Waals surface area contributed by atoms with E-state index in [1.807, 2.05) is 11.8 Å². The van der Waals surface area contributed by atoms with Crippen LogP contribution in [0, 0.1) is 0 Å². The van der Waals surface area contributed by atoms with Crippen LogP contribution in [0.4, 0.5) is 5.82 Å². The Kier molecular flexibility index (Phi) is 2.36. The van der Waals surface area contributed by atoms with Gasteiger partial charge in [-0.2, -0.15) is 16.9 Å². The molecule has 1 fully saturated rings. The molecule has 1 saturated heterocycles. The molecule has 1 aromatic heterocycles. The Labute approximate surface area is 93.2 Å². The smallest absolute Gasteiger partial charge is 0.151 e. The number of aromatic nitrogens is 2. The lowest BCUT2D eigenvalue weighted by molar-refractivity contribution is 0.128. The van der Waals surface area contributed by atoms with Crippen LogP contribution in [-0.2, 0) is 18.0 Å². The van der Waals surface area contributed by atoms with Crippen molar-refractivity contribution in [1.82, 2.24) is 9.78 Å². The van der Waals surface area contributed by atoms with Crippen LogP contribution in [0.25, 0.3) is 0 Å². The molecule has 82 valence electrons. The number of fused-ring (bicyclic) bond motifs is 1. The molecule has 0 atom stereocenters. The average molecular weight is 225 g/mol. The van der Waals surface area contributed by atoms with Crippen LogP contribution in [0.2, 0.25) is 0 Å². The van der Waals surface area contributed by atoms with E-state index in [1.165, 1.54) is 30.0 Å². The first-order valence-electron chi connectivity index (χ1n) is 5.37. The minimum absolute atomic E-state index is 0.541. The predicted molar refractivity (Wildman–Crippen MR) is 60.7 cm³/mol. The molecule has 3 heterocycles. The molecule has 0 spiro atoms. The van der Waals surface area contributed by atoms with E-state index < -0.39 is 0 Å². The summed E-state index contributed by atoms with van der Waals surface area (Å²) in [4.78, 5) is 0. The SMILES string of the molecule is Nc1nn(C2CCSCC2)c2c1COC2. The summed E-state index contributed by atoms with van der Waals surface area (Å²) in [5.74, 6) is 3.14. The van der Waals surface area contributed by atoms with Gasteiger partial charge < -0.3 is 10.5 Å². The lowest BCUT2D eigenvalue weighted by Crippen LogP contribution is -2.18. The maximum absolute atomic E-state index is 5.88. The van der Waals surface area contributed by atoms with Gasteiger partial charge in [-0.15, -0.1) is 0 Å². The van der Waals surface area contributed by atoms with Gasteiger partial charge in [0.05, 0.1) is 24.9 Å². The van der Waals surface area contributed by atoms with Gasteiger partial charge in [0.2, 0.25) is 0 Å². The molecule has 0 saturated carbocycles. The Balaban J connectivity index is 1.93. The normalized spacial score (nSPS) is 21.9. The highest BCUT2D eigenvalue weighted by Gasteiger charge is 2.26. The van der Waals surface area contributed by atoms with E-state index in [9.17, 15) is 0 Å². The maximum atomic E-state index is 5.88. The third-order valence-electron chi connectivity index (χ3n) is 3.17. The van der Waals surface area contributed by atoms with Crippen LogP contribution in [0.15, 0.2) is 0 Å². The topological polar surface area (TPSA) is 53.1 Å². The van der Waals surface area contributed by atoms with Crippen molar-refractivity contribution in [1.29, 1.82) is 0 Å². The Bertz CT molecular complexity index is 371. The summed E-state index contributed by atoms with van der Waals surface area (Å²) in [7, 11) is 0. The van der Waals surface area contributed by atoms with Gasteiger partial charge in [0, 0.05) is 5.56 Å². The zero-order valence-electron chi connectivity index (χ0n) is 8.61. The minimum atomic E-state index is 0.541. The van der Waals surface area contributed by atoms with Gasteiger partial charge in [-0.05, 0) is 24.3 Å². The summed E-state index contributed by atoms with van der Waals surface area (Å²) >= 11 is 2.03. The number of hydrogen-bond donors (Lipinski definition) is 1. The molecule has 15 heavy (non-hydrogen) atoms. The third-order valence-corrected chi connectivity index (χ3v) is 4.22. The van der Waals surface area contributed by atoms with Crippen LogP contribution < -0.4 is 5.73 Å². The standard InChI is InChI=1S/C10H15N3OS/c11-10-8-5-14-6-9(8)13(12-10)7-1-3-15-4-2-7/h7H,1-6H2,(H2,11,12). The second-order valence-corrected chi connectivity index (χ2v) is 5.32. The molecule has 2 N–H and O–H groups in total. The second kappa shape index (κ2) is 3.72. The Morgan fingerprint density at radius 2 is 2.13 bits per heavy atom. The molecule has 0 aromatic carbocycles. The molecule has 5 heteroatoms. The van der Waals surface area contributed by atoms with Crippen LogP contribution >= 0.6 is 11.8 Å². The highest BCUT2D eigenvalue weighted by atomic mass is 32.2. The van der Waals surface area contributed by atoms with Gasteiger partial charge in [0.25, 0.3) is 0 Å². The largest absolute Gasteiger partial charge is 0.382 e. The number of anilines is 1. The van der Waals surface area contributed by atoms with E-state index >= 15 is 0 Å². The van der Waals surface area contributed by atoms with E-state index in [1.54, 1.807) is 0 Å². The van der Waals surface area contributed by atoms with E-state index in [4.69, 9.17) is 10.5 Å². The Morgan fingerprint density at radius 3 is 2.93 bits per heavy atom. The molecule has 0 unspecified atom stereocenters. The fourth-order valence-corrected chi connectivity index (χ4v) is 3.40. The second-order valence-electron chi connectivity index (χ2n) is 4.09. The molecule has 0 bridgehead atoms. The first-order chi connectivity index (χ1) is 7.36. The van der Waals surface area contributed by atoms with Crippen molar-refractivity contribution in [2.45, 2.75) is 32.1 Å². The minimum Gasteiger partial charge on any atom is -0.382 e. The van der Waals surface area contributed by atoms with Gasteiger partial charge in [-0.1, -0.05) is 0 Å². The Morgan fingerprint density at radius 1 is 1.33 bits per heavy atom. The zero-order valence-corrected chi connectivity index (χ0v) is 9.42. The molecular weight excluding hydrogens is 210 g/mol. The Hall–Kier alpha value is -0.680. The number of rotatable bonds is 1. The summed E-state index contributed by atoms with van der Waals surface area (Å²) in [6.07, 6.45) is 2.41. The first-order valence-corrected chi connectivity index (χ1v) is 6.53. The van der Waals surface area contributed by atoms with Crippen molar-refractivity contribution < 1.29 is 4.74 Å². The number of hydrogen-bond acceptors (Lipinski definition) is 4. The average Bonchev–Trinajstić information content (AvgIpc) is 2.84. The van der Waals surface area contributed by atoms with Crippen LogP contribution in [-0.4, -0.2) is 21.3 Å². The van der Waals surface area contributed by atoms with E-state index in [0.717, 1.165) is 5.56 Å². The fraction of sp³-hybridized carbons (Fsp3) is 0.700. The number of ether oxygens (including phenoxy) is 1. The third kappa shape index (κ3) is 1.54. The van der Waals surface area contributed by atoms with Crippen molar-refractivity contribution in [3.8, 4) is 0 Å². The van der Waals surface area contributed by atoms with Gasteiger partial charge in [0.15, 0.2) is 5.82 Å². The molecule has 1 aromatic rings. The van der Waals surface area contributed by atoms with Crippen molar-refractivity contribution in [2.75, 3.05) is 17.2 Å². The quantitative estimate of drug-likeness (QED) is 0.788. The van der Waals surface area contributed by atoms with E-state index in [-0.39, 0.29) is 0 Å². The molecule has 3 rings (SSSR count). The zero-order chi connectivity index (χ0) is 10.3. The number of thioether (sulfide) groups is 1. The van der Waals surface area contributed by atoms with Crippen molar-refractivity contribution in [2.24, 2.45) is 0 Å². The van der Waals surface area contributed by atoms with Crippen molar-refractivity contribution >= 4 is 17.6 Å². The molecule has 0 amide bonds. The molecular formula is C10H15N3OS. The maximum Gasteiger partial charge on any atom is 0.151 e. The highest BCUT2D eigenvalue weighted by Crippen LogP contribution is 2.33. The van der Waals surface area contributed by atoms with Gasteiger partial charge in [0.1, 0.15) is 0 Å². The number of nitrogens with zero attached hydrogens (tertiary/aromatic N) is 2. The molecule has 0 radical (unpaired) electrons. The molecule has 4 nitrogen and oxygen atoms in total. The summed E-state index contributed by atoms with van der Waals surface area (Å²) in [5, 5.41) is 4.46. The van der Waals surface area contributed by atoms with Gasteiger partial charge in [-0.25, -0.2) is 0 Å². The van der Waals surface area contributed by atoms with Gasteiger partial charge in [-0.3, -0.25) is 4.68 Å². The monoisotopic (exact) mass is 225 g/mol. The van der Waals surface area contributed by atoms with Crippen LogP contribution in [0.1, 0.15) is 30.1 Å². The predicted octanol–water partition coefficient (Wildman–Crippen LogP) is 1.56. The highest BCUT2D eigenvalue weighted by molar-refractivity contribution is 7.99. The van der Waals surface area contributed by atoms with Crippen LogP contribution in [0.3, 0.4) is 0 Å². The summed E-state index contributed by atoms with van der Waals surface area (Å²) in [6, 6.07) is 0.541. The summed E-state index contributed by atoms with van der Waals surface area (Å²) in [6.45, 7) is 1.33. The molecule has 2 aliphatic rings. The lowest BCUT2D eigenvalue weighted by atomic mass is 10.1.